The van der Waals surface area contributed by atoms with Crippen molar-refractivity contribution >= 4 is 18.9 Å². The average Bonchev–Trinajstić information content (AvgIpc) is 2.67. The van der Waals surface area contributed by atoms with Gasteiger partial charge in [0.05, 0.1) is 23.7 Å². The Labute approximate surface area is 103 Å². The van der Waals surface area contributed by atoms with Gasteiger partial charge >= 0.3 is 7.82 Å². The van der Waals surface area contributed by atoms with E-state index in [9.17, 15) is 4.57 Å². The van der Waals surface area contributed by atoms with E-state index in [-0.39, 0.29) is 6.61 Å². The highest BCUT2D eigenvalue weighted by atomic mass is 31.2. The normalized spacial score (nSPS) is 14.0. The lowest BCUT2D eigenvalue weighted by molar-refractivity contribution is 0.185. The maximum absolute atomic E-state index is 10.6. The number of hydrogen-bond donors (Lipinski definition) is 4. The van der Waals surface area contributed by atoms with Gasteiger partial charge in [0.2, 0.25) is 0 Å². The van der Waals surface area contributed by atoms with Crippen LogP contribution in [0, 0.1) is 6.92 Å². The zero-order chi connectivity index (χ0) is 13.3. The molecule has 0 aliphatic carbocycles. The Morgan fingerprint density at radius 1 is 1.56 bits per heavy atom. The molecule has 0 saturated heterocycles. The first-order valence-electron chi connectivity index (χ1n) is 5.27. The molecule has 0 amide bonds. The van der Waals surface area contributed by atoms with Crippen molar-refractivity contribution in [3.05, 3.63) is 29.6 Å². The topological polar surface area (TPSA) is 121 Å². The van der Waals surface area contributed by atoms with Crippen LogP contribution < -0.4 is 5.73 Å². The number of aromatic nitrogens is 2. The second-order valence-electron chi connectivity index (χ2n) is 4.04. The molecule has 1 aromatic heterocycles. The predicted molar refractivity (Wildman–Crippen MR) is 65.8 cm³/mol. The van der Waals surface area contributed by atoms with Crippen LogP contribution in [-0.2, 0) is 9.09 Å². The summed E-state index contributed by atoms with van der Waals surface area (Å²) in [4.78, 5) is 24.4. The number of aromatic amines is 1. The van der Waals surface area contributed by atoms with Gasteiger partial charge in [0.1, 0.15) is 5.82 Å². The van der Waals surface area contributed by atoms with Gasteiger partial charge in [-0.2, -0.15) is 0 Å². The van der Waals surface area contributed by atoms with Crippen LogP contribution in [0.2, 0.25) is 0 Å². The van der Waals surface area contributed by atoms with E-state index >= 15 is 0 Å². The predicted octanol–water partition coefficient (Wildman–Crippen LogP) is 0.980. The Morgan fingerprint density at radius 3 is 2.94 bits per heavy atom. The van der Waals surface area contributed by atoms with Crippen molar-refractivity contribution in [2.45, 2.75) is 13.0 Å². The van der Waals surface area contributed by atoms with E-state index in [2.05, 4.69) is 14.5 Å². The van der Waals surface area contributed by atoms with Crippen LogP contribution in [0.1, 0.15) is 17.4 Å². The molecule has 0 radical (unpaired) electrons. The number of H-pyrrole nitrogens is 1. The Morgan fingerprint density at radius 2 is 2.28 bits per heavy atom. The van der Waals surface area contributed by atoms with Gasteiger partial charge in [-0.15, -0.1) is 0 Å². The highest BCUT2D eigenvalue weighted by Gasteiger charge is 2.19. The zero-order valence-electron chi connectivity index (χ0n) is 9.70. The van der Waals surface area contributed by atoms with Gasteiger partial charge in [0, 0.05) is 0 Å². The van der Waals surface area contributed by atoms with Crippen molar-refractivity contribution in [2.24, 2.45) is 5.73 Å². The number of rotatable bonds is 4. The number of nitrogens with one attached hydrogen (secondary N) is 1. The van der Waals surface area contributed by atoms with Crippen molar-refractivity contribution in [1.29, 1.82) is 0 Å². The summed E-state index contributed by atoms with van der Waals surface area (Å²) < 4.78 is 14.9. The fraction of sp³-hybridized carbons (Fsp3) is 0.300. The molecule has 0 saturated carbocycles. The lowest BCUT2D eigenvalue weighted by atomic mass is 10.2. The van der Waals surface area contributed by atoms with Crippen molar-refractivity contribution < 1.29 is 18.9 Å². The Balaban J connectivity index is 2.18. The van der Waals surface area contributed by atoms with Crippen LogP contribution in [0.4, 0.5) is 0 Å². The van der Waals surface area contributed by atoms with Crippen LogP contribution in [0.5, 0.6) is 0 Å². The highest BCUT2D eigenvalue weighted by molar-refractivity contribution is 7.46. The Bertz CT molecular complexity index is 606. The molecule has 7 nitrogen and oxygen atoms in total. The first-order valence-corrected chi connectivity index (χ1v) is 6.80. The summed E-state index contributed by atoms with van der Waals surface area (Å²) in [5.41, 5.74) is 8.41. The monoisotopic (exact) mass is 271 g/mol. The van der Waals surface area contributed by atoms with Gasteiger partial charge in [0.25, 0.3) is 0 Å². The Hall–Kier alpha value is -1.24. The molecule has 0 aliphatic heterocycles. The number of hydrogen-bond acceptors (Lipinski definition) is 4. The van der Waals surface area contributed by atoms with Gasteiger partial charge < -0.3 is 20.5 Å². The fourth-order valence-corrected chi connectivity index (χ4v) is 1.93. The first kappa shape index (κ1) is 13.2. The van der Waals surface area contributed by atoms with Crippen molar-refractivity contribution in [3.63, 3.8) is 0 Å². The summed E-state index contributed by atoms with van der Waals surface area (Å²) >= 11 is 0. The first-order chi connectivity index (χ1) is 8.35. The molecule has 1 heterocycles. The third-order valence-electron chi connectivity index (χ3n) is 2.43. The molecule has 0 unspecified atom stereocenters. The van der Waals surface area contributed by atoms with Crippen molar-refractivity contribution in [3.8, 4) is 0 Å². The third-order valence-corrected chi connectivity index (χ3v) is 2.91. The van der Waals surface area contributed by atoms with Gasteiger partial charge in [-0.3, -0.25) is 4.52 Å². The van der Waals surface area contributed by atoms with Crippen molar-refractivity contribution in [2.75, 3.05) is 6.61 Å². The molecule has 0 fully saturated rings. The lowest BCUT2D eigenvalue weighted by Crippen LogP contribution is -2.17. The third kappa shape index (κ3) is 3.16. The maximum atomic E-state index is 10.6. The second kappa shape index (κ2) is 4.79. The molecule has 98 valence electrons. The van der Waals surface area contributed by atoms with Crippen LogP contribution in [-0.4, -0.2) is 26.4 Å². The van der Waals surface area contributed by atoms with E-state index in [1.165, 1.54) is 0 Å². The number of phosphoric ester groups is 1. The van der Waals surface area contributed by atoms with Crippen LogP contribution in [0.15, 0.2) is 18.2 Å². The van der Waals surface area contributed by atoms with E-state index in [0.717, 1.165) is 16.6 Å². The van der Waals surface area contributed by atoms with Crippen LogP contribution in [0.25, 0.3) is 11.0 Å². The van der Waals surface area contributed by atoms with Crippen LogP contribution in [0.3, 0.4) is 0 Å². The van der Waals surface area contributed by atoms with Gasteiger partial charge in [-0.1, -0.05) is 6.07 Å². The molecule has 8 heteroatoms. The van der Waals surface area contributed by atoms with Crippen molar-refractivity contribution in [1.82, 2.24) is 9.97 Å². The van der Waals surface area contributed by atoms with E-state index < -0.39 is 13.9 Å². The summed E-state index contributed by atoms with van der Waals surface area (Å²) in [5, 5.41) is 0. The number of nitrogens with zero attached hydrogens (tertiary/aromatic N) is 1. The summed E-state index contributed by atoms with van der Waals surface area (Å²) in [6.45, 7) is 1.65. The summed E-state index contributed by atoms with van der Waals surface area (Å²) in [6.07, 6.45) is 0. The number of nitrogens with two attached hydrogens (primary N) is 1. The molecule has 0 aliphatic rings. The molecule has 0 spiro atoms. The van der Waals surface area contributed by atoms with Gasteiger partial charge in [-0.05, 0) is 24.6 Å². The van der Waals surface area contributed by atoms with Gasteiger partial charge in [0.15, 0.2) is 0 Å². The molecule has 2 aromatic rings. The smallest absolute Gasteiger partial charge is 0.341 e. The average molecular weight is 271 g/mol. The maximum Gasteiger partial charge on any atom is 0.469 e. The molecule has 2 rings (SSSR count). The minimum atomic E-state index is -4.50. The molecular formula is C10H14N3O4P. The van der Waals surface area contributed by atoms with E-state index in [1.807, 2.05) is 25.1 Å². The molecule has 18 heavy (non-hydrogen) atoms. The van der Waals surface area contributed by atoms with E-state index in [0.29, 0.717) is 5.82 Å². The minimum absolute atomic E-state index is 0.302. The number of benzene rings is 1. The molecule has 1 atom stereocenters. The number of fused-ring (bicyclic) bond motifs is 1. The van der Waals surface area contributed by atoms with E-state index in [4.69, 9.17) is 15.5 Å². The van der Waals surface area contributed by atoms with Crippen LogP contribution >= 0.6 is 7.82 Å². The lowest BCUT2D eigenvalue weighted by Gasteiger charge is -2.09. The quantitative estimate of drug-likeness (QED) is 0.615. The van der Waals surface area contributed by atoms with Gasteiger partial charge in [-0.25, -0.2) is 9.55 Å². The zero-order valence-corrected chi connectivity index (χ0v) is 10.6. The number of imidazole rings is 1. The number of aryl methyl sites for hydroxylation is 1. The molecule has 0 bridgehead atoms. The van der Waals surface area contributed by atoms with E-state index in [1.54, 1.807) is 0 Å². The summed E-state index contributed by atoms with van der Waals surface area (Å²) in [7, 11) is -4.50. The standard InChI is InChI=1S/C10H14N3O4P/c1-6-2-3-8-9(4-6)13-10(12-8)7(11)5-17-18(14,15)16/h2-4,7H,5,11H2,1H3,(H,12,13)(H2,14,15,16)/t7-/m1/s1. The minimum Gasteiger partial charge on any atom is -0.341 e. The molecule has 1 aromatic carbocycles. The second-order valence-corrected chi connectivity index (χ2v) is 5.27. The fourth-order valence-electron chi connectivity index (χ4n) is 1.58. The molecular weight excluding hydrogens is 257 g/mol. The summed E-state index contributed by atoms with van der Waals surface area (Å²) in [5.74, 6) is 0.434. The largest absolute Gasteiger partial charge is 0.469 e. The molecule has 5 N–H and O–H groups in total. The number of phosphoric acid groups is 1. The Kier molecular flexibility index (Phi) is 3.52. The highest BCUT2D eigenvalue weighted by Crippen LogP contribution is 2.36. The SMILES string of the molecule is Cc1ccc2nc([C@H](N)COP(=O)(O)O)[nH]c2c1. The summed E-state index contributed by atoms with van der Waals surface area (Å²) in [6, 6.07) is 4.97.